The lowest BCUT2D eigenvalue weighted by Gasteiger charge is -2.30. The van der Waals surface area contributed by atoms with Crippen LogP contribution in [0.4, 0.5) is 0 Å². The monoisotopic (exact) mass is 182 g/mol. The van der Waals surface area contributed by atoms with E-state index in [1.54, 1.807) is 0 Å². The van der Waals surface area contributed by atoms with Gasteiger partial charge < -0.3 is 0 Å². The smallest absolute Gasteiger partial charge is 0.278 e. The molecule has 0 aromatic rings. The van der Waals surface area contributed by atoms with Gasteiger partial charge in [0.2, 0.25) is 0 Å². The van der Waals surface area contributed by atoms with Gasteiger partial charge in [-0.2, -0.15) is 0 Å². The van der Waals surface area contributed by atoms with Gasteiger partial charge in [0.1, 0.15) is 0 Å². The van der Waals surface area contributed by atoms with E-state index in [0.29, 0.717) is 0 Å². The molecule has 3 nitrogen and oxygen atoms in total. The Kier molecular flexibility index (Phi) is 2.71. The summed E-state index contributed by atoms with van der Waals surface area (Å²) in [5, 5.41) is 3.52. The molecule has 2 aliphatic rings. The van der Waals surface area contributed by atoms with Gasteiger partial charge in [0.15, 0.2) is 0 Å². The normalized spacial score (nSPS) is 22.7. The first-order valence-electron chi connectivity index (χ1n) is 5.52. The van der Waals surface area contributed by atoms with Gasteiger partial charge in [0.05, 0.1) is 32.7 Å². The molecule has 0 saturated heterocycles. The molecule has 0 aromatic heterocycles. The Morgan fingerprint density at radius 1 is 1.38 bits per heavy atom. The van der Waals surface area contributed by atoms with Crippen molar-refractivity contribution < 1.29 is 4.58 Å². The highest BCUT2D eigenvalue weighted by Gasteiger charge is 2.27. The third-order valence-electron chi connectivity index (χ3n) is 2.84. The summed E-state index contributed by atoms with van der Waals surface area (Å²) in [5.41, 5.74) is 0. The lowest BCUT2D eigenvalue weighted by atomic mass is 10.2. The first-order chi connectivity index (χ1) is 6.42. The van der Waals surface area contributed by atoms with Crippen molar-refractivity contribution in [1.82, 2.24) is 10.2 Å². The first kappa shape index (κ1) is 8.85. The van der Waals surface area contributed by atoms with Crippen LogP contribution in [-0.4, -0.2) is 48.2 Å². The van der Waals surface area contributed by atoms with Gasteiger partial charge in [-0.15, -0.1) is 0 Å². The molecule has 0 fully saturated rings. The van der Waals surface area contributed by atoms with E-state index in [0.717, 1.165) is 6.54 Å². The predicted octanol–water partition coefficient (Wildman–Crippen LogP) is 0.464. The zero-order valence-corrected chi connectivity index (χ0v) is 8.55. The molecule has 74 valence electrons. The van der Waals surface area contributed by atoms with Crippen LogP contribution < -0.4 is 5.32 Å². The molecular weight excluding hydrogens is 162 g/mol. The predicted molar refractivity (Wildman–Crippen MR) is 54.1 cm³/mol. The minimum Gasteiger partial charge on any atom is -0.278 e. The molecule has 0 atom stereocenters. The molecule has 0 unspecified atom stereocenters. The van der Waals surface area contributed by atoms with E-state index in [4.69, 9.17) is 0 Å². The molecule has 0 aromatic carbocycles. The van der Waals surface area contributed by atoms with Crippen molar-refractivity contribution in [1.29, 1.82) is 0 Å². The van der Waals surface area contributed by atoms with E-state index in [-0.39, 0.29) is 0 Å². The Morgan fingerprint density at radius 3 is 3.08 bits per heavy atom. The van der Waals surface area contributed by atoms with Crippen LogP contribution in [0.5, 0.6) is 0 Å². The van der Waals surface area contributed by atoms with Crippen LogP contribution in [-0.2, 0) is 0 Å². The maximum absolute atomic E-state index is 3.52. The lowest BCUT2D eigenvalue weighted by molar-refractivity contribution is -0.544. The standard InChI is InChI=1S/C10H19N3/c1-2-6-12-8-4-9-13-7-3-5-11-10(12)13/h2-9H2,1H3/p+1. The van der Waals surface area contributed by atoms with Crippen molar-refractivity contribution in [3.63, 3.8) is 0 Å². The lowest BCUT2D eigenvalue weighted by Crippen LogP contribution is -2.55. The number of nitrogens with zero attached hydrogens (tertiary/aromatic N) is 2. The van der Waals surface area contributed by atoms with E-state index < -0.39 is 0 Å². The van der Waals surface area contributed by atoms with Gasteiger partial charge in [0, 0.05) is 12.8 Å². The maximum atomic E-state index is 3.52. The highest BCUT2D eigenvalue weighted by atomic mass is 15.4. The number of nitrogens with one attached hydrogen (secondary N) is 1. The fourth-order valence-corrected chi connectivity index (χ4v) is 2.26. The van der Waals surface area contributed by atoms with Crippen LogP contribution in [0.25, 0.3) is 0 Å². The summed E-state index contributed by atoms with van der Waals surface area (Å²) in [5.74, 6) is 1.40. The minimum atomic E-state index is 1.16. The summed E-state index contributed by atoms with van der Waals surface area (Å²) in [4.78, 5) is 2.50. The van der Waals surface area contributed by atoms with Crippen LogP contribution in [0.15, 0.2) is 0 Å². The van der Waals surface area contributed by atoms with E-state index in [1.165, 1.54) is 51.4 Å². The third kappa shape index (κ3) is 1.79. The van der Waals surface area contributed by atoms with Gasteiger partial charge in [-0.3, -0.25) is 14.8 Å². The van der Waals surface area contributed by atoms with Gasteiger partial charge in [-0.05, 0) is 6.42 Å². The highest BCUT2D eigenvalue weighted by Crippen LogP contribution is 2.05. The molecule has 3 heteroatoms. The average Bonchev–Trinajstić information content (AvgIpc) is 2.19. The second-order valence-electron chi connectivity index (χ2n) is 3.93. The molecule has 13 heavy (non-hydrogen) atoms. The van der Waals surface area contributed by atoms with Gasteiger partial charge in [-0.25, -0.2) is 0 Å². The summed E-state index contributed by atoms with van der Waals surface area (Å²) in [6, 6.07) is 0. The number of hydrogen-bond acceptors (Lipinski definition) is 2. The van der Waals surface area contributed by atoms with Crippen LogP contribution in [0.3, 0.4) is 0 Å². The molecule has 0 amide bonds. The molecular formula is C10H20N3+. The Hall–Kier alpha value is -0.730. The summed E-state index contributed by atoms with van der Waals surface area (Å²) < 4.78 is 2.50. The second kappa shape index (κ2) is 3.99. The van der Waals surface area contributed by atoms with Crippen molar-refractivity contribution in [2.24, 2.45) is 0 Å². The van der Waals surface area contributed by atoms with Crippen molar-refractivity contribution >= 4 is 5.96 Å². The van der Waals surface area contributed by atoms with Gasteiger partial charge >= 0.3 is 5.96 Å². The van der Waals surface area contributed by atoms with Gasteiger partial charge in [-0.1, -0.05) is 6.92 Å². The van der Waals surface area contributed by atoms with Crippen LogP contribution in [0.2, 0.25) is 0 Å². The molecule has 0 aliphatic carbocycles. The fraction of sp³-hybridized carbons (Fsp3) is 0.900. The topological polar surface area (TPSA) is 18.3 Å². The molecule has 2 heterocycles. The Balaban J connectivity index is 2.10. The molecule has 0 spiro atoms. The zero-order valence-electron chi connectivity index (χ0n) is 8.55. The Bertz CT molecular complexity index is 206. The van der Waals surface area contributed by atoms with E-state index in [9.17, 15) is 0 Å². The molecule has 0 radical (unpaired) electrons. The maximum Gasteiger partial charge on any atom is 0.348 e. The number of hydrogen-bond donors (Lipinski definition) is 1. The average molecular weight is 182 g/mol. The number of guanidine groups is 1. The van der Waals surface area contributed by atoms with E-state index >= 15 is 0 Å². The SMILES string of the molecule is CCCN1CCC[N+]2=C1NCCC2. The fourth-order valence-electron chi connectivity index (χ4n) is 2.26. The molecule has 2 aliphatic heterocycles. The molecule has 0 bridgehead atoms. The third-order valence-corrected chi connectivity index (χ3v) is 2.84. The molecule has 1 N–H and O–H groups in total. The Labute approximate surface area is 80.4 Å². The van der Waals surface area contributed by atoms with Crippen LogP contribution in [0.1, 0.15) is 26.2 Å². The quantitative estimate of drug-likeness (QED) is 0.626. The highest BCUT2D eigenvalue weighted by molar-refractivity contribution is 5.75. The van der Waals surface area contributed by atoms with Crippen molar-refractivity contribution in [2.75, 3.05) is 32.7 Å². The van der Waals surface area contributed by atoms with Crippen molar-refractivity contribution in [2.45, 2.75) is 26.2 Å². The molecule has 0 saturated carbocycles. The zero-order chi connectivity index (χ0) is 9.10. The minimum absolute atomic E-state index is 1.16. The second-order valence-corrected chi connectivity index (χ2v) is 3.93. The summed E-state index contributed by atoms with van der Waals surface area (Å²) in [7, 11) is 0. The Morgan fingerprint density at radius 2 is 2.23 bits per heavy atom. The largest absolute Gasteiger partial charge is 0.348 e. The van der Waals surface area contributed by atoms with Crippen LogP contribution >= 0.6 is 0 Å². The van der Waals surface area contributed by atoms with E-state index in [2.05, 4.69) is 21.7 Å². The summed E-state index contributed by atoms with van der Waals surface area (Å²) >= 11 is 0. The van der Waals surface area contributed by atoms with E-state index in [1.807, 2.05) is 0 Å². The summed E-state index contributed by atoms with van der Waals surface area (Å²) in [6.45, 7) is 8.37. The molecule has 2 rings (SSSR count). The van der Waals surface area contributed by atoms with Crippen LogP contribution in [0, 0.1) is 0 Å². The van der Waals surface area contributed by atoms with Gasteiger partial charge in [0.25, 0.3) is 0 Å². The number of rotatable bonds is 2. The summed E-state index contributed by atoms with van der Waals surface area (Å²) in [6.07, 6.45) is 3.87. The van der Waals surface area contributed by atoms with Crippen molar-refractivity contribution in [3.8, 4) is 0 Å². The first-order valence-corrected chi connectivity index (χ1v) is 5.52. The van der Waals surface area contributed by atoms with Crippen molar-refractivity contribution in [3.05, 3.63) is 0 Å².